The zero-order valence-corrected chi connectivity index (χ0v) is 11.8. The minimum Gasteiger partial charge on any atom is -0.476 e. The number of rotatable bonds is 6. The summed E-state index contributed by atoms with van der Waals surface area (Å²) < 4.78 is 10.2. The lowest BCUT2D eigenvalue weighted by atomic mass is 10.1. The number of esters is 1. The van der Waals surface area contributed by atoms with Gasteiger partial charge in [0.1, 0.15) is 5.69 Å². The second kappa shape index (κ2) is 7.23. The first-order chi connectivity index (χ1) is 10.2. The average Bonchev–Trinajstić information content (AvgIpc) is 2.53. The van der Waals surface area contributed by atoms with Crippen LogP contribution >= 0.6 is 0 Å². The molecular formula is C15H17N3O3. The molecule has 2 heterocycles. The number of carbonyl (C=O) groups excluding carboxylic acids is 1. The van der Waals surface area contributed by atoms with E-state index in [0.717, 1.165) is 12.8 Å². The molecule has 0 radical (unpaired) electrons. The van der Waals surface area contributed by atoms with Gasteiger partial charge in [0.25, 0.3) is 0 Å². The molecular weight excluding hydrogens is 270 g/mol. The Kier molecular flexibility index (Phi) is 5.09. The van der Waals surface area contributed by atoms with Gasteiger partial charge in [-0.15, -0.1) is 0 Å². The van der Waals surface area contributed by atoms with Gasteiger partial charge in [-0.1, -0.05) is 0 Å². The summed E-state index contributed by atoms with van der Waals surface area (Å²) in [7, 11) is 1.30. The number of nitrogens with two attached hydrogens (primary N) is 1. The Labute approximate surface area is 122 Å². The molecule has 0 saturated heterocycles. The molecule has 0 amide bonds. The second-order valence-corrected chi connectivity index (χ2v) is 4.38. The van der Waals surface area contributed by atoms with Crippen LogP contribution in [0.1, 0.15) is 22.3 Å². The third kappa shape index (κ3) is 3.92. The summed E-state index contributed by atoms with van der Waals surface area (Å²) in [6, 6.07) is 5.43. The highest BCUT2D eigenvalue weighted by molar-refractivity contribution is 5.95. The number of aryl methyl sites for hydroxylation is 1. The summed E-state index contributed by atoms with van der Waals surface area (Å²) >= 11 is 0. The fourth-order valence-electron chi connectivity index (χ4n) is 1.85. The lowest BCUT2D eigenvalue weighted by Crippen LogP contribution is -2.09. The number of nitrogen functional groups attached to an aromatic ring is 1. The maximum Gasteiger partial charge on any atom is 0.340 e. The monoisotopic (exact) mass is 287 g/mol. The number of nitrogens with zero attached hydrogens (tertiary/aromatic N) is 2. The van der Waals surface area contributed by atoms with E-state index in [0.29, 0.717) is 6.61 Å². The van der Waals surface area contributed by atoms with E-state index in [2.05, 4.69) is 14.7 Å². The minimum absolute atomic E-state index is 0.202. The van der Waals surface area contributed by atoms with Crippen molar-refractivity contribution in [3.05, 3.63) is 47.9 Å². The van der Waals surface area contributed by atoms with Crippen molar-refractivity contribution in [1.82, 2.24) is 9.97 Å². The molecule has 6 heteroatoms. The Morgan fingerprint density at radius 1 is 1.24 bits per heavy atom. The van der Waals surface area contributed by atoms with Gasteiger partial charge in [-0.05, 0) is 36.6 Å². The van der Waals surface area contributed by atoms with Crippen molar-refractivity contribution in [2.24, 2.45) is 0 Å². The number of pyridine rings is 2. The Bertz CT molecular complexity index is 602. The van der Waals surface area contributed by atoms with Gasteiger partial charge in [0.2, 0.25) is 5.88 Å². The summed E-state index contributed by atoms with van der Waals surface area (Å²) in [6.45, 7) is 0.462. The van der Waals surface area contributed by atoms with Crippen molar-refractivity contribution in [2.45, 2.75) is 12.8 Å². The third-order valence-electron chi connectivity index (χ3n) is 2.96. The molecule has 0 spiro atoms. The number of ether oxygens (including phenoxy) is 2. The van der Waals surface area contributed by atoms with E-state index in [4.69, 9.17) is 10.5 Å². The quantitative estimate of drug-likeness (QED) is 0.644. The maximum atomic E-state index is 11.5. The molecule has 110 valence electrons. The van der Waals surface area contributed by atoms with Crippen molar-refractivity contribution in [3.63, 3.8) is 0 Å². The highest BCUT2D eigenvalue weighted by atomic mass is 16.5. The first-order valence-electron chi connectivity index (χ1n) is 6.57. The number of hydrogen-bond donors (Lipinski definition) is 1. The van der Waals surface area contributed by atoms with Gasteiger partial charge < -0.3 is 15.2 Å². The number of carbonyl (C=O) groups is 1. The maximum absolute atomic E-state index is 11.5. The van der Waals surface area contributed by atoms with Crippen LogP contribution in [0.15, 0.2) is 36.8 Å². The van der Waals surface area contributed by atoms with Crippen molar-refractivity contribution in [3.8, 4) is 5.88 Å². The van der Waals surface area contributed by atoms with Crippen LogP contribution < -0.4 is 10.5 Å². The van der Waals surface area contributed by atoms with Gasteiger partial charge in [0.05, 0.1) is 19.3 Å². The van der Waals surface area contributed by atoms with E-state index in [1.807, 2.05) is 12.1 Å². The molecule has 2 rings (SSSR count). The van der Waals surface area contributed by atoms with Gasteiger partial charge in [-0.2, -0.15) is 0 Å². The van der Waals surface area contributed by atoms with Crippen molar-refractivity contribution < 1.29 is 14.3 Å². The van der Waals surface area contributed by atoms with E-state index < -0.39 is 5.97 Å². The Balaban J connectivity index is 1.90. The zero-order valence-electron chi connectivity index (χ0n) is 11.8. The summed E-state index contributed by atoms with van der Waals surface area (Å²) in [4.78, 5) is 19.5. The Morgan fingerprint density at radius 2 is 2.00 bits per heavy atom. The van der Waals surface area contributed by atoms with Crippen LogP contribution in [-0.2, 0) is 11.2 Å². The molecule has 0 unspecified atom stereocenters. The molecule has 0 fully saturated rings. The molecule has 0 bridgehead atoms. The highest BCUT2D eigenvalue weighted by Gasteiger charge is 2.14. The Morgan fingerprint density at radius 3 is 2.71 bits per heavy atom. The lowest BCUT2D eigenvalue weighted by Gasteiger charge is -2.10. The second-order valence-electron chi connectivity index (χ2n) is 4.38. The largest absolute Gasteiger partial charge is 0.476 e. The van der Waals surface area contributed by atoms with E-state index in [1.165, 1.54) is 24.9 Å². The summed E-state index contributed by atoms with van der Waals surface area (Å²) in [5.74, 6) is -0.246. The SMILES string of the molecule is COC(=O)c1ccnc(OCCCc2ccncc2)c1N. The lowest BCUT2D eigenvalue weighted by molar-refractivity contribution is 0.0601. The fraction of sp³-hybridized carbons (Fsp3) is 0.267. The van der Waals surface area contributed by atoms with Crippen LogP contribution in [0.25, 0.3) is 0 Å². The molecule has 0 aromatic carbocycles. The van der Waals surface area contributed by atoms with E-state index >= 15 is 0 Å². The summed E-state index contributed by atoms with van der Waals surface area (Å²) in [5.41, 5.74) is 7.51. The Hall–Kier alpha value is -2.63. The molecule has 2 aromatic heterocycles. The normalized spacial score (nSPS) is 10.1. The van der Waals surface area contributed by atoms with Crippen molar-refractivity contribution >= 4 is 11.7 Å². The number of anilines is 1. The van der Waals surface area contributed by atoms with Crippen LogP contribution in [0.4, 0.5) is 5.69 Å². The van der Waals surface area contributed by atoms with Crippen LogP contribution in [0.3, 0.4) is 0 Å². The van der Waals surface area contributed by atoms with Crippen LogP contribution in [0.2, 0.25) is 0 Å². The molecule has 2 N–H and O–H groups in total. The third-order valence-corrected chi connectivity index (χ3v) is 2.96. The van der Waals surface area contributed by atoms with Gasteiger partial charge in [0.15, 0.2) is 0 Å². The van der Waals surface area contributed by atoms with Crippen molar-refractivity contribution in [2.75, 3.05) is 19.5 Å². The number of methoxy groups -OCH3 is 1. The first kappa shape index (κ1) is 14.8. The van der Waals surface area contributed by atoms with Crippen LogP contribution in [0, 0.1) is 0 Å². The van der Waals surface area contributed by atoms with Crippen LogP contribution in [-0.4, -0.2) is 29.7 Å². The molecule has 0 saturated carbocycles. The molecule has 0 aliphatic heterocycles. The molecule has 6 nitrogen and oxygen atoms in total. The number of hydrogen-bond acceptors (Lipinski definition) is 6. The molecule has 2 aromatic rings. The number of aromatic nitrogens is 2. The topological polar surface area (TPSA) is 87.3 Å². The summed E-state index contributed by atoms with van der Waals surface area (Å²) in [5, 5.41) is 0. The summed E-state index contributed by atoms with van der Waals surface area (Å²) in [6.07, 6.45) is 6.68. The van der Waals surface area contributed by atoms with Crippen molar-refractivity contribution in [1.29, 1.82) is 0 Å². The van der Waals surface area contributed by atoms with E-state index in [1.54, 1.807) is 12.4 Å². The predicted octanol–water partition coefficient (Wildman–Crippen LogP) is 1.86. The average molecular weight is 287 g/mol. The van der Waals surface area contributed by atoms with Gasteiger partial charge >= 0.3 is 5.97 Å². The smallest absolute Gasteiger partial charge is 0.340 e. The van der Waals surface area contributed by atoms with Crippen LogP contribution in [0.5, 0.6) is 5.88 Å². The standard InChI is InChI=1S/C15H17N3O3/c1-20-15(19)12-6-9-18-14(13(12)16)21-10-2-3-11-4-7-17-8-5-11/h4-9H,2-3,10,16H2,1H3. The van der Waals surface area contributed by atoms with Gasteiger partial charge in [-0.25, -0.2) is 9.78 Å². The van der Waals surface area contributed by atoms with E-state index in [9.17, 15) is 4.79 Å². The molecule has 0 atom stereocenters. The highest BCUT2D eigenvalue weighted by Crippen LogP contribution is 2.23. The molecule has 0 aliphatic carbocycles. The van der Waals surface area contributed by atoms with E-state index in [-0.39, 0.29) is 17.1 Å². The predicted molar refractivity (Wildman–Crippen MR) is 78.0 cm³/mol. The van der Waals surface area contributed by atoms with Gasteiger partial charge in [0, 0.05) is 18.6 Å². The zero-order chi connectivity index (χ0) is 15.1. The molecule has 21 heavy (non-hydrogen) atoms. The van der Waals surface area contributed by atoms with Gasteiger partial charge in [-0.3, -0.25) is 4.98 Å². The minimum atomic E-state index is -0.503. The molecule has 0 aliphatic rings. The first-order valence-corrected chi connectivity index (χ1v) is 6.57. The fourth-order valence-corrected chi connectivity index (χ4v) is 1.85.